The molecule has 1 nitrogen and oxygen atoms in total. The molecule has 0 aromatic carbocycles. The zero-order valence-electron chi connectivity index (χ0n) is 10.9. The highest BCUT2D eigenvalue weighted by Gasteiger charge is 2.41. The average molecular weight is 207 g/mol. The third-order valence-electron chi connectivity index (χ3n) is 4.29. The Balaban J connectivity index is 2.55. The van der Waals surface area contributed by atoms with Crippen LogP contribution in [0.2, 0.25) is 0 Å². The van der Waals surface area contributed by atoms with Crippen LogP contribution in [0.25, 0.3) is 0 Å². The number of hydrogen-bond donors (Lipinski definition) is 0. The highest BCUT2D eigenvalue weighted by molar-refractivity contribution is 5.93. The van der Waals surface area contributed by atoms with Gasteiger partial charge in [0.2, 0.25) is 0 Å². The Bertz CT molecular complexity index is 261. The highest BCUT2D eigenvalue weighted by Crippen LogP contribution is 2.53. The molecule has 0 spiro atoms. The van der Waals surface area contributed by atoms with Gasteiger partial charge in [0.1, 0.15) is 0 Å². The lowest BCUT2D eigenvalue weighted by Gasteiger charge is -2.48. The van der Waals surface area contributed by atoms with Crippen molar-refractivity contribution in [3.8, 4) is 0 Å². The van der Waals surface area contributed by atoms with Crippen LogP contribution in [0.1, 0.15) is 53.4 Å². The molecule has 0 radical (unpaired) electrons. The van der Waals surface area contributed by atoms with Gasteiger partial charge in [-0.05, 0) is 44.1 Å². The SMILES string of the molecule is CCC1(CC)CC(/C(C)=C/C(C)=NC)C1. The van der Waals surface area contributed by atoms with Gasteiger partial charge < -0.3 is 0 Å². The maximum atomic E-state index is 4.19. The minimum atomic E-state index is 0.664. The second-order valence-corrected chi connectivity index (χ2v) is 5.07. The Morgan fingerprint density at radius 2 is 1.80 bits per heavy atom. The Kier molecular flexibility index (Phi) is 4.12. The predicted octanol–water partition coefficient (Wildman–Crippen LogP) is 4.24. The topological polar surface area (TPSA) is 12.4 Å². The third-order valence-corrected chi connectivity index (χ3v) is 4.29. The molecule has 0 N–H and O–H groups in total. The van der Waals surface area contributed by atoms with E-state index in [9.17, 15) is 0 Å². The second-order valence-electron chi connectivity index (χ2n) is 5.07. The van der Waals surface area contributed by atoms with Gasteiger partial charge in [-0.15, -0.1) is 0 Å². The van der Waals surface area contributed by atoms with Gasteiger partial charge in [-0.2, -0.15) is 0 Å². The van der Waals surface area contributed by atoms with Gasteiger partial charge in [-0.1, -0.05) is 32.3 Å². The summed E-state index contributed by atoms with van der Waals surface area (Å²) in [6.07, 6.45) is 7.71. The molecular weight excluding hydrogens is 182 g/mol. The maximum absolute atomic E-state index is 4.19. The second kappa shape index (κ2) is 4.96. The fourth-order valence-corrected chi connectivity index (χ4v) is 2.65. The maximum Gasteiger partial charge on any atom is 0.0313 e. The van der Waals surface area contributed by atoms with Crippen LogP contribution in [-0.2, 0) is 0 Å². The van der Waals surface area contributed by atoms with Crippen LogP contribution < -0.4 is 0 Å². The molecule has 0 atom stereocenters. The van der Waals surface area contributed by atoms with Gasteiger partial charge in [-0.3, -0.25) is 4.99 Å². The molecule has 0 unspecified atom stereocenters. The van der Waals surface area contributed by atoms with Crippen molar-refractivity contribution >= 4 is 5.71 Å². The molecule has 1 aliphatic carbocycles. The van der Waals surface area contributed by atoms with E-state index in [-0.39, 0.29) is 0 Å². The zero-order valence-corrected chi connectivity index (χ0v) is 10.9. The fraction of sp³-hybridized carbons (Fsp3) is 0.786. The van der Waals surface area contributed by atoms with Crippen molar-refractivity contribution in [2.24, 2.45) is 16.3 Å². The van der Waals surface area contributed by atoms with Crippen molar-refractivity contribution in [3.63, 3.8) is 0 Å². The van der Waals surface area contributed by atoms with Crippen molar-refractivity contribution in [3.05, 3.63) is 11.6 Å². The molecule has 1 aliphatic rings. The molecule has 0 amide bonds. The van der Waals surface area contributed by atoms with Crippen molar-refractivity contribution in [1.29, 1.82) is 0 Å². The monoisotopic (exact) mass is 207 g/mol. The Morgan fingerprint density at radius 3 is 2.20 bits per heavy atom. The zero-order chi connectivity index (χ0) is 11.5. The lowest BCUT2D eigenvalue weighted by molar-refractivity contribution is 0.0668. The van der Waals surface area contributed by atoms with Gasteiger partial charge in [0, 0.05) is 12.8 Å². The van der Waals surface area contributed by atoms with Crippen LogP contribution in [0.15, 0.2) is 16.6 Å². The minimum absolute atomic E-state index is 0.664. The Labute approximate surface area is 94.7 Å². The normalized spacial score (nSPS) is 22.7. The van der Waals surface area contributed by atoms with Gasteiger partial charge in [0.25, 0.3) is 0 Å². The van der Waals surface area contributed by atoms with E-state index in [1.54, 1.807) is 0 Å². The molecule has 15 heavy (non-hydrogen) atoms. The molecule has 1 saturated carbocycles. The van der Waals surface area contributed by atoms with Crippen LogP contribution >= 0.6 is 0 Å². The highest BCUT2D eigenvalue weighted by atomic mass is 14.7. The summed E-state index contributed by atoms with van der Waals surface area (Å²) < 4.78 is 0. The van der Waals surface area contributed by atoms with Crippen LogP contribution in [0.5, 0.6) is 0 Å². The summed E-state index contributed by atoms with van der Waals surface area (Å²) in [5.41, 5.74) is 3.34. The van der Waals surface area contributed by atoms with E-state index in [1.807, 2.05) is 7.05 Å². The van der Waals surface area contributed by atoms with Gasteiger partial charge in [0.15, 0.2) is 0 Å². The average Bonchev–Trinajstić information content (AvgIpc) is 2.17. The Hall–Kier alpha value is -0.590. The number of rotatable bonds is 4. The molecule has 0 saturated heterocycles. The van der Waals surface area contributed by atoms with Gasteiger partial charge in [-0.25, -0.2) is 0 Å². The van der Waals surface area contributed by atoms with E-state index in [4.69, 9.17) is 0 Å². The van der Waals surface area contributed by atoms with Gasteiger partial charge >= 0.3 is 0 Å². The van der Waals surface area contributed by atoms with Crippen LogP contribution in [0.4, 0.5) is 0 Å². The summed E-state index contributed by atoms with van der Waals surface area (Å²) in [4.78, 5) is 4.19. The quantitative estimate of drug-likeness (QED) is 0.611. The summed E-state index contributed by atoms with van der Waals surface area (Å²) in [7, 11) is 1.86. The van der Waals surface area contributed by atoms with Crippen LogP contribution in [0, 0.1) is 11.3 Å². The molecule has 1 fully saturated rings. The van der Waals surface area contributed by atoms with E-state index in [0.29, 0.717) is 5.41 Å². The summed E-state index contributed by atoms with van der Waals surface area (Å²) in [6, 6.07) is 0. The van der Waals surface area contributed by atoms with Crippen molar-refractivity contribution < 1.29 is 0 Å². The molecular formula is C14H25N. The first-order valence-electron chi connectivity index (χ1n) is 6.18. The molecule has 1 rings (SSSR count). The smallest absolute Gasteiger partial charge is 0.0313 e. The van der Waals surface area contributed by atoms with Gasteiger partial charge in [0.05, 0.1) is 0 Å². The first kappa shape index (κ1) is 12.5. The standard InChI is InChI=1S/C14H25N/c1-6-14(7-2)9-13(10-14)11(3)8-12(4)15-5/h8,13H,6-7,9-10H2,1-5H3/b11-8+,15-12?. The summed E-state index contributed by atoms with van der Waals surface area (Å²) in [5, 5.41) is 0. The molecule has 0 aliphatic heterocycles. The van der Waals surface area contributed by atoms with E-state index < -0.39 is 0 Å². The van der Waals surface area contributed by atoms with Crippen molar-refractivity contribution in [1.82, 2.24) is 0 Å². The van der Waals surface area contributed by atoms with E-state index in [1.165, 1.54) is 31.3 Å². The number of aliphatic imine (C=N–C) groups is 1. The number of hydrogen-bond acceptors (Lipinski definition) is 1. The molecule has 0 aromatic rings. The summed E-state index contributed by atoms with van der Waals surface area (Å²) in [6.45, 7) is 9.00. The minimum Gasteiger partial charge on any atom is -0.293 e. The molecule has 86 valence electrons. The molecule has 0 bridgehead atoms. The van der Waals surface area contributed by atoms with Crippen molar-refractivity contribution in [2.75, 3.05) is 7.05 Å². The van der Waals surface area contributed by atoms with E-state index >= 15 is 0 Å². The predicted molar refractivity (Wildman–Crippen MR) is 68.5 cm³/mol. The fourth-order valence-electron chi connectivity index (χ4n) is 2.65. The van der Waals surface area contributed by atoms with E-state index in [2.05, 4.69) is 38.8 Å². The van der Waals surface area contributed by atoms with E-state index in [0.717, 1.165) is 11.6 Å². The van der Waals surface area contributed by atoms with Crippen LogP contribution in [-0.4, -0.2) is 12.8 Å². The van der Waals surface area contributed by atoms with Crippen molar-refractivity contribution in [2.45, 2.75) is 53.4 Å². The molecule has 0 aromatic heterocycles. The summed E-state index contributed by atoms with van der Waals surface area (Å²) >= 11 is 0. The summed E-state index contributed by atoms with van der Waals surface area (Å²) in [5.74, 6) is 0.821. The number of allylic oxidation sites excluding steroid dienone is 2. The lowest BCUT2D eigenvalue weighted by Crippen LogP contribution is -2.36. The largest absolute Gasteiger partial charge is 0.293 e. The Morgan fingerprint density at radius 1 is 1.27 bits per heavy atom. The molecule has 1 heteroatoms. The molecule has 0 heterocycles. The first-order chi connectivity index (χ1) is 7.06. The van der Waals surface area contributed by atoms with Crippen LogP contribution in [0.3, 0.4) is 0 Å². The number of nitrogens with zero attached hydrogens (tertiary/aromatic N) is 1. The third kappa shape index (κ3) is 2.70. The lowest BCUT2D eigenvalue weighted by atomic mass is 9.57. The first-order valence-corrected chi connectivity index (χ1v) is 6.18.